The normalized spacial score (nSPS) is 13.7. The van der Waals surface area contributed by atoms with Crippen LogP contribution in [0.2, 0.25) is 5.02 Å². The SMILES string of the molecule is CO[S-](=O)=Nc1ccc([C@@H](C)NC(=O)COc2ccc(C(C)(C)C)c(Cl)c2)cc1. The standard InChI is InChI=1S/C21H26ClN2O4S/c1-14(15-6-8-16(9-7-15)24-29(26)27-5)23-20(25)13-28-17-10-11-18(19(22)12-17)21(2,3)4/h6-12,14H,13H2,1-5H3,(H,23,25)/q-1/t14-/m1/s1. The first kappa shape index (κ1) is 23.2. The number of carbonyl (C=O) groups excluding carboxylic acids is 1. The molecule has 2 aromatic carbocycles. The van der Waals surface area contributed by atoms with Crippen LogP contribution >= 0.6 is 11.6 Å². The molecule has 0 saturated carbocycles. The van der Waals surface area contributed by atoms with E-state index in [0.29, 0.717) is 16.5 Å². The molecule has 1 N–H and O–H groups in total. The Morgan fingerprint density at radius 1 is 1.21 bits per heavy atom. The molecule has 0 unspecified atom stereocenters. The Hall–Kier alpha value is -2.09. The predicted molar refractivity (Wildman–Crippen MR) is 116 cm³/mol. The topological polar surface area (TPSA) is 77.0 Å². The van der Waals surface area contributed by atoms with Gasteiger partial charge in [-0.1, -0.05) is 61.4 Å². The number of rotatable bonds is 7. The fraction of sp³-hybridized carbons (Fsp3) is 0.381. The molecule has 0 saturated heterocycles. The van der Waals surface area contributed by atoms with Gasteiger partial charge in [-0.05, 0) is 47.7 Å². The summed E-state index contributed by atoms with van der Waals surface area (Å²) in [5.74, 6) is 0.297. The molecule has 0 aliphatic heterocycles. The van der Waals surface area contributed by atoms with Crippen molar-refractivity contribution in [2.75, 3.05) is 13.7 Å². The second kappa shape index (κ2) is 10.1. The molecule has 2 aromatic rings. The molecular formula is C21H26ClN2O4S-. The molecule has 0 fully saturated rings. The fourth-order valence-electron chi connectivity index (χ4n) is 2.66. The van der Waals surface area contributed by atoms with Gasteiger partial charge in [0.15, 0.2) is 6.61 Å². The molecule has 0 heterocycles. The molecule has 0 aliphatic rings. The van der Waals surface area contributed by atoms with Gasteiger partial charge >= 0.3 is 0 Å². The molecule has 6 nitrogen and oxygen atoms in total. The number of amides is 1. The molecule has 1 atom stereocenters. The number of halogens is 1. The summed E-state index contributed by atoms with van der Waals surface area (Å²) in [7, 11) is -0.384. The van der Waals surface area contributed by atoms with Crippen LogP contribution in [0.3, 0.4) is 0 Å². The van der Waals surface area contributed by atoms with Gasteiger partial charge < -0.3 is 22.8 Å². The third-order valence-corrected chi connectivity index (χ3v) is 5.17. The summed E-state index contributed by atoms with van der Waals surface area (Å²) in [6, 6.07) is 12.3. The number of hydrogen-bond acceptors (Lipinski definition) is 6. The minimum atomic E-state index is -1.70. The summed E-state index contributed by atoms with van der Waals surface area (Å²) in [5, 5.41) is 3.49. The monoisotopic (exact) mass is 437 g/mol. The van der Waals surface area contributed by atoms with E-state index < -0.39 is 10.9 Å². The van der Waals surface area contributed by atoms with Crippen LogP contribution in [0.1, 0.15) is 44.9 Å². The highest BCUT2D eigenvalue weighted by molar-refractivity contribution is 7.69. The maximum absolute atomic E-state index is 12.2. The van der Waals surface area contributed by atoms with Crippen LogP contribution in [0.4, 0.5) is 5.69 Å². The maximum atomic E-state index is 12.2. The van der Waals surface area contributed by atoms with E-state index in [1.54, 1.807) is 18.2 Å². The van der Waals surface area contributed by atoms with Crippen molar-refractivity contribution in [1.29, 1.82) is 0 Å². The average Bonchev–Trinajstić information content (AvgIpc) is 2.65. The van der Waals surface area contributed by atoms with Gasteiger partial charge in [-0.25, -0.2) is 0 Å². The first-order valence-electron chi connectivity index (χ1n) is 9.10. The van der Waals surface area contributed by atoms with E-state index in [4.69, 9.17) is 16.3 Å². The van der Waals surface area contributed by atoms with E-state index in [1.165, 1.54) is 7.11 Å². The van der Waals surface area contributed by atoms with Crippen molar-refractivity contribution < 1.29 is 17.9 Å². The fourth-order valence-corrected chi connectivity index (χ4v) is 3.48. The molecular weight excluding hydrogens is 412 g/mol. The third-order valence-electron chi connectivity index (χ3n) is 4.21. The number of ether oxygens (including phenoxy) is 1. The number of nitrogens with one attached hydrogen (secondary N) is 1. The Bertz CT molecular complexity index is 933. The zero-order valence-electron chi connectivity index (χ0n) is 17.2. The Morgan fingerprint density at radius 2 is 1.86 bits per heavy atom. The maximum Gasteiger partial charge on any atom is 0.258 e. The van der Waals surface area contributed by atoms with Gasteiger partial charge in [0.2, 0.25) is 0 Å². The van der Waals surface area contributed by atoms with Crippen LogP contribution in [-0.4, -0.2) is 19.6 Å². The first-order valence-corrected chi connectivity index (χ1v) is 10.5. The minimum Gasteiger partial charge on any atom is -0.484 e. The van der Waals surface area contributed by atoms with E-state index in [0.717, 1.165) is 11.1 Å². The summed E-state index contributed by atoms with van der Waals surface area (Å²) in [4.78, 5) is 12.2. The first-order chi connectivity index (χ1) is 13.6. The third kappa shape index (κ3) is 7.03. The van der Waals surface area contributed by atoms with Crippen LogP contribution < -0.4 is 10.1 Å². The van der Waals surface area contributed by atoms with E-state index in [9.17, 15) is 9.00 Å². The molecule has 0 radical (unpaired) electrons. The Morgan fingerprint density at radius 3 is 2.41 bits per heavy atom. The lowest BCUT2D eigenvalue weighted by Crippen LogP contribution is -2.31. The van der Waals surface area contributed by atoms with Gasteiger partial charge in [0.25, 0.3) is 5.91 Å². The zero-order chi connectivity index (χ0) is 21.6. The highest BCUT2D eigenvalue weighted by Gasteiger charge is 2.18. The van der Waals surface area contributed by atoms with Gasteiger partial charge in [0.1, 0.15) is 5.75 Å². The number of benzene rings is 2. The van der Waals surface area contributed by atoms with Crippen molar-refractivity contribution in [3.8, 4) is 5.75 Å². The van der Waals surface area contributed by atoms with E-state index in [2.05, 4.69) is 34.6 Å². The second-order valence-electron chi connectivity index (χ2n) is 7.54. The highest BCUT2D eigenvalue weighted by atomic mass is 35.5. The Balaban J connectivity index is 1.92. The molecule has 2 rings (SSSR count). The largest absolute Gasteiger partial charge is 0.484 e. The van der Waals surface area contributed by atoms with E-state index in [1.807, 2.05) is 31.2 Å². The summed E-state index contributed by atoms with van der Waals surface area (Å²) >= 11 is 6.33. The van der Waals surface area contributed by atoms with Gasteiger partial charge in [-0.3, -0.25) is 4.79 Å². The summed E-state index contributed by atoms with van der Waals surface area (Å²) in [6.45, 7) is 8.01. The molecule has 0 aromatic heterocycles. The van der Waals surface area contributed by atoms with Crippen molar-refractivity contribution in [1.82, 2.24) is 5.32 Å². The van der Waals surface area contributed by atoms with E-state index >= 15 is 0 Å². The van der Waals surface area contributed by atoms with Crippen LogP contribution in [-0.2, 0) is 29.5 Å². The van der Waals surface area contributed by atoms with E-state index in [-0.39, 0.29) is 24.0 Å². The summed E-state index contributed by atoms with van der Waals surface area (Å²) in [6.07, 6.45) is 0. The summed E-state index contributed by atoms with van der Waals surface area (Å²) < 4.78 is 25.3. The molecule has 29 heavy (non-hydrogen) atoms. The zero-order valence-corrected chi connectivity index (χ0v) is 18.8. The smallest absolute Gasteiger partial charge is 0.258 e. The molecule has 0 spiro atoms. The van der Waals surface area contributed by atoms with Gasteiger partial charge in [0, 0.05) is 17.8 Å². The predicted octanol–water partition coefficient (Wildman–Crippen LogP) is 5.23. The number of nitrogens with zero attached hydrogens (tertiary/aromatic N) is 1. The molecule has 8 heteroatoms. The van der Waals surface area contributed by atoms with Crippen molar-refractivity contribution in [3.05, 3.63) is 58.6 Å². The van der Waals surface area contributed by atoms with Gasteiger partial charge in [0.05, 0.1) is 6.04 Å². The van der Waals surface area contributed by atoms with Crippen molar-refractivity contribution >= 4 is 34.1 Å². The van der Waals surface area contributed by atoms with Crippen LogP contribution in [0, 0.1) is 0 Å². The van der Waals surface area contributed by atoms with Crippen LogP contribution in [0.5, 0.6) is 5.75 Å². The van der Waals surface area contributed by atoms with Crippen LogP contribution in [0.25, 0.3) is 0 Å². The Kier molecular flexibility index (Phi) is 8.07. The lowest BCUT2D eigenvalue weighted by Gasteiger charge is -2.21. The van der Waals surface area contributed by atoms with Crippen molar-refractivity contribution in [2.45, 2.75) is 39.2 Å². The second-order valence-corrected chi connectivity index (χ2v) is 8.89. The van der Waals surface area contributed by atoms with Gasteiger partial charge in [-0.15, -0.1) is 0 Å². The van der Waals surface area contributed by atoms with Crippen molar-refractivity contribution in [3.63, 3.8) is 0 Å². The molecule has 1 amide bonds. The molecule has 0 bridgehead atoms. The lowest BCUT2D eigenvalue weighted by molar-refractivity contribution is -0.123. The molecule has 158 valence electrons. The highest BCUT2D eigenvalue weighted by Crippen LogP contribution is 2.32. The van der Waals surface area contributed by atoms with Gasteiger partial charge in [-0.2, -0.15) is 0 Å². The Labute approximate surface area is 179 Å². The number of carbonyl (C=O) groups is 1. The summed E-state index contributed by atoms with van der Waals surface area (Å²) in [5.41, 5.74) is 2.38. The van der Waals surface area contributed by atoms with Crippen LogP contribution in [0.15, 0.2) is 46.8 Å². The minimum absolute atomic E-state index is 0.0656. The average molecular weight is 438 g/mol. The van der Waals surface area contributed by atoms with Crippen molar-refractivity contribution in [2.24, 2.45) is 4.36 Å². The molecule has 0 aliphatic carbocycles. The lowest BCUT2D eigenvalue weighted by atomic mass is 9.87. The number of hydrogen-bond donors (Lipinski definition) is 1. The quantitative estimate of drug-likeness (QED) is 0.601.